The molecular formula is C23H24ClN5O4. The third-order valence-corrected chi connectivity index (χ3v) is 6.15. The van der Waals surface area contributed by atoms with E-state index < -0.39 is 11.9 Å². The van der Waals surface area contributed by atoms with Gasteiger partial charge in [0.25, 0.3) is 5.91 Å². The zero-order valence-electron chi connectivity index (χ0n) is 18.3. The Labute approximate surface area is 195 Å². The molecule has 172 valence electrons. The van der Waals surface area contributed by atoms with E-state index in [1.54, 1.807) is 30.3 Å². The highest BCUT2D eigenvalue weighted by molar-refractivity contribution is 6.30. The zero-order chi connectivity index (χ0) is 23.7. The molecule has 2 atom stereocenters. The quantitative estimate of drug-likeness (QED) is 0.586. The van der Waals surface area contributed by atoms with Crippen molar-refractivity contribution in [3.8, 4) is 0 Å². The minimum absolute atomic E-state index is 0.0789. The number of para-hydroxylation sites is 1. The van der Waals surface area contributed by atoms with Crippen LogP contribution in [0.5, 0.6) is 0 Å². The number of hydrogen-bond donors (Lipinski definition) is 2. The van der Waals surface area contributed by atoms with Crippen molar-refractivity contribution in [2.24, 2.45) is 0 Å². The van der Waals surface area contributed by atoms with Crippen molar-refractivity contribution >= 4 is 46.2 Å². The monoisotopic (exact) mass is 469 g/mol. The summed E-state index contributed by atoms with van der Waals surface area (Å²) >= 11 is 5.81. The predicted octanol–water partition coefficient (Wildman–Crippen LogP) is 3.82. The molecule has 2 unspecified atom stereocenters. The van der Waals surface area contributed by atoms with Crippen LogP contribution in [0.4, 0.5) is 5.82 Å². The number of likely N-dealkylation sites (tertiary alicyclic amines) is 1. The van der Waals surface area contributed by atoms with E-state index in [-0.39, 0.29) is 41.7 Å². The number of nitrogens with one attached hydrogen (secondary N) is 1. The van der Waals surface area contributed by atoms with E-state index >= 15 is 0 Å². The summed E-state index contributed by atoms with van der Waals surface area (Å²) in [4.78, 5) is 48.1. The van der Waals surface area contributed by atoms with Gasteiger partial charge in [-0.05, 0) is 57.4 Å². The number of carbonyl (C=O) groups excluding carboxylic acids is 2. The molecule has 2 aromatic heterocycles. The van der Waals surface area contributed by atoms with Crippen molar-refractivity contribution in [2.75, 3.05) is 5.32 Å². The van der Waals surface area contributed by atoms with Gasteiger partial charge in [0.05, 0.1) is 16.1 Å². The van der Waals surface area contributed by atoms with Crippen molar-refractivity contribution in [2.45, 2.75) is 51.7 Å². The van der Waals surface area contributed by atoms with Gasteiger partial charge >= 0.3 is 5.97 Å². The van der Waals surface area contributed by atoms with Crippen LogP contribution < -0.4 is 5.32 Å². The molecule has 1 aliphatic heterocycles. The van der Waals surface area contributed by atoms with Gasteiger partial charge in [-0.3, -0.25) is 9.59 Å². The lowest BCUT2D eigenvalue weighted by Crippen LogP contribution is -2.47. The summed E-state index contributed by atoms with van der Waals surface area (Å²) in [6.07, 6.45) is 4.29. The molecule has 0 radical (unpaired) electrons. The summed E-state index contributed by atoms with van der Waals surface area (Å²) in [5, 5.41) is 12.8. The Morgan fingerprint density at radius 3 is 2.52 bits per heavy atom. The molecule has 1 saturated heterocycles. The fourth-order valence-electron chi connectivity index (χ4n) is 4.38. The van der Waals surface area contributed by atoms with Gasteiger partial charge in [-0.25, -0.2) is 14.8 Å². The standard InChI is InChI=1S/C23H24ClN5O4/c1-13-5-3-6-14(2)29(13)22(31)16-7-4-8-17-20(16)27-21(23(32)33)28(17)12-19(30)26-18-10-9-15(24)11-25-18/h4,7-11,13-14H,3,5-6,12H2,1-2H3,(H,32,33)(H,25,26,30). The number of halogens is 1. The topological polar surface area (TPSA) is 117 Å². The number of carboxylic acid groups (broad SMARTS) is 1. The Morgan fingerprint density at radius 2 is 1.88 bits per heavy atom. The molecule has 4 rings (SSSR count). The summed E-state index contributed by atoms with van der Waals surface area (Å²) < 4.78 is 1.29. The number of amides is 2. The first kappa shape index (κ1) is 22.7. The van der Waals surface area contributed by atoms with E-state index in [9.17, 15) is 19.5 Å². The summed E-state index contributed by atoms with van der Waals surface area (Å²) in [6.45, 7) is 3.73. The predicted molar refractivity (Wildman–Crippen MR) is 124 cm³/mol. The van der Waals surface area contributed by atoms with Gasteiger partial charge in [0.2, 0.25) is 11.7 Å². The number of hydrogen-bond acceptors (Lipinski definition) is 5. The molecule has 2 amide bonds. The van der Waals surface area contributed by atoms with Crippen LogP contribution in [0.25, 0.3) is 11.0 Å². The molecule has 1 aliphatic rings. The molecule has 33 heavy (non-hydrogen) atoms. The van der Waals surface area contributed by atoms with E-state index in [1.165, 1.54) is 10.8 Å². The zero-order valence-corrected chi connectivity index (χ0v) is 19.0. The molecule has 3 aromatic rings. The van der Waals surface area contributed by atoms with Crippen LogP contribution in [0, 0.1) is 0 Å². The summed E-state index contributed by atoms with van der Waals surface area (Å²) in [5.74, 6) is -1.99. The van der Waals surface area contributed by atoms with E-state index in [2.05, 4.69) is 15.3 Å². The van der Waals surface area contributed by atoms with Gasteiger partial charge in [-0.15, -0.1) is 0 Å². The maximum atomic E-state index is 13.4. The van der Waals surface area contributed by atoms with Gasteiger partial charge in [0.1, 0.15) is 17.9 Å². The second-order valence-electron chi connectivity index (χ2n) is 8.25. The third-order valence-electron chi connectivity index (χ3n) is 5.93. The number of rotatable bonds is 5. The van der Waals surface area contributed by atoms with Gasteiger partial charge in [0, 0.05) is 18.3 Å². The maximum Gasteiger partial charge on any atom is 0.372 e. The number of pyridine rings is 1. The first-order valence-electron chi connectivity index (χ1n) is 10.7. The number of fused-ring (bicyclic) bond motifs is 1. The Kier molecular flexibility index (Phi) is 6.33. The Morgan fingerprint density at radius 1 is 1.15 bits per heavy atom. The summed E-state index contributed by atoms with van der Waals surface area (Å²) in [6, 6.07) is 8.27. The smallest absolute Gasteiger partial charge is 0.372 e. The second kappa shape index (κ2) is 9.19. The van der Waals surface area contributed by atoms with Gasteiger partial charge < -0.3 is 19.9 Å². The molecule has 0 bridgehead atoms. The lowest BCUT2D eigenvalue weighted by atomic mass is 9.96. The summed E-state index contributed by atoms with van der Waals surface area (Å²) in [5.41, 5.74) is 0.992. The number of anilines is 1. The minimum atomic E-state index is -1.29. The lowest BCUT2D eigenvalue weighted by molar-refractivity contribution is -0.116. The molecular weight excluding hydrogens is 446 g/mol. The first-order valence-corrected chi connectivity index (χ1v) is 11.1. The van der Waals surface area contributed by atoms with Crippen molar-refractivity contribution in [3.63, 3.8) is 0 Å². The van der Waals surface area contributed by atoms with Crippen molar-refractivity contribution in [1.82, 2.24) is 19.4 Å². The van der Waals surface area contributed by atoms with Crippen LogP contribution >= 0.6 is 11.6 Å². The number of piperidine rings is 1. The normalized spacial score (nSPS) is 18.3. The van der Waals surface area contributed by atoms with Crippen molar-refractivity contribution in [1.29, 1.82) is 0 Å². The Balaban J connectivity index is 1.69. The number of imidazole rings is 1. The Hall–Kier alpha value is -3.46. The average Bonchev–Trinajstić information content (AvgIpc) is 3.14. The van der Waals surface area contributed by atoms with Crippen molar-refractivity contribution < 1.29 is 19.5 Å². The molecule has 0 saturated carbocycles. The molecule has 0 spiro atoms. The van der Waals surface area contributed by atoms with Crippen LogP contribution in [0.1, 0.15) is 54.1 Å². The maximum absolute atomic E-state index is 13.4. The fourth-order valence-corrected chi connectivity index (χ4v) is 4.49. The lowest BCUT2D eigenvalue weighted by Gasteiger charge is -2.39. The highest BCUT2D eigenvalue weighted by atomic mass is 35.5. The SMILES string of the molecule is CC1CCCC(C)N1C(=O)c1cccc2c1nc(C(=O)O)n2CC(=O)Nc1ccc(Cl)cn1. The minimum Gasteiger partial charge on any atom is -0.475 e. The number of carbonyl (C=O) groups is 3. The summed E-state index contributed by atoms with van der Waals surface area (Å²) in [7, 11) is 0. The van der Waals surface area contributed by atoms with Gasteiger partial charge in [0.15, 0.2) is 0 Å². The molecule has 9 nitrogen and oxygen atoms in total. The largest absolute Gasteiger partial charge is 0.475 e. The molecule has 10 heteroatoms. The fraction of sp³-hybridized carbons (Fsp3) is 0.348. The Bertz CT molecular complexity index is 1210. The average molecular weight is 470 g/mol. The van der Waals surface area contributed by atoms with Gasteiger partial charge in [-0.2, -0.15) is 0 Å². The molecule has 1 fully saturated rings. The van der Waals surface area contributed by atoms with Crippen LogP contribution in [0.3, 0.4) is 0 Å². The number of aromatic nitrogens is 3. The van der Waals surface area contributed by atoms with Crippen molar-refractivity contribution in [3.05, 3.63) is 52.9 Å². The number of nitrogens with zero attached hydrogens (tertiary/aromatic N) is 4. The highest BCUT2D eigenvalue weighted by Gasteiger charge is 2.32. The van der Waals surface area contributed by atoms with Gasteiger partial charge in [-0.1, -0.05) is 17.7 Å². The molecule has 2 N–H and O–H groups in total. The third kappa shape index (κ3) is 4.54. The van der Waals surface area contributed by atoms with E-state index in [4.69, 9.17) is 11.6 Å². The van der Waals surface area contributed by atoms with E-state index in [0.717, 1.165) is 19.3 Å². The number of benzene rings is 1. The molecule has 0 aliphatic carbocycles. The van der Waals surface area contributed by atoms with E-state index in [0.29, 0.717) is 16.1 Å². The van der Waals surface area contributed by atoms with Crippen LogP contribution in [-0.2, 0) is 11.3 Å². The first-order chi connectivity index (χ1) is 15.8. The highest BCUT2D eigenvalue weighted by Crippen LogP contribution is 2.28. The van der Waals surface area contributed by atoms with Crippen LogP contribution in [-0.4, -0.2) is 54.4 Å². The van der Waals surface area contributed by atoms with E-state index in [1.807, 2.05) is 18.7 Å². The second-order valence-corrected chi connectivity index (χ2v) is 8.69. The molecule has 3 heterocycles. The number of aromatic carboxylic acids is 1. The van der Waals surface area contributed by atoms with Crippen LogP contribution in [0.2, 0.25) is 5.02 Å². The van der Waals surface area contributed by atoms with Crippen LogP contribution in [0.15, 0.2) is 36.5 Å². The molecule has 1 aromatic carbocycles. The number of carboxylic acids is 1.